The Hall–Kier alpha value is -4.71. The van der Waals surface area contributed by atoms with Crippen LogP contribution in [0.3, 0.4) is 0 Å². The van der Waals surface area contributed by atoms with Crippen molar-refractivity contribution in [1.82, 2.24) is 0 Å². The molecule has 0 rings (SSSR count). The Balaban J connectivity index is 4.42. The van der Waals surface area contributed by atoms with Crippen molar-refractivity contribution in [3.8, 4) is 0 Å². The quantitative estimate of drug-likeness (QED) is 0.0261. The van der Waals surface area contributed by atoms with Gasteiger partial charge in [-0.25, -0.2) is 0 Å². The lowest BCUT2D eigenvalue weighted by atomic mass is 10.1. The number of rotatable bonds is 57. The molecule has 0 saturated heterocycles. The van der Waals surface area contributed by atoms with E-state index < -0.39 is 6.10 Å². The first-order valence-corrected chi connectivity index (χ1v) is 32.3. The fourth-order valence-electron chi connectivity index (χ4n) is 8.55. The molecule has 6 nitrogen and oxygen atoms in total. The second-order valence-electron chi connectivity index (χ2n) is 20.9. The molecule has 0 aromatic rings. The van der Waals surface area contributed by atoms with Gasteiger partial charge in [-0.3, -0.25) is 14.4 Å². The van der Waals surface area contributed by atoms with E-state index in [0.29, 0.717) is 19.3 Å². The van der Waals surface area contributed by atoms with Gasteiger partial charge in [-0.2, -0.15) is 0 Å². The SMILES string of the molecule is CC/C=C\C/C=C\C/C=C\C/C=C\C/C=C\CCCCCCCCCC(=O)OC(COC(=O)CC/C=C\C/C=C\C/C=C\C/C=C\CC)COC(=O)CCCCCCCCCCCC/C=C\C/C=C\C/C=C\CCCCCCC. The van der Waals surface area contributed by atoms with Gasteiger partial charge in [-0.05, 0) is 128 Å². The molecule has 0 saturated carbocycles. The first-order valence-electron chi connectivity index (χ1n) is 32.3. The van der Waals surface area contributed by atoms with E-state index in [1.165, 1.54) is 109 Å². The van der Waals surface area contributed by atoms with Crippen LogP contribution in [0.5, 0.6) is 0 Å². The van der Waals surface area contributed by atoms with Crippen LogP contribution >= 0.6 is 0 Å². The molecule has 0 radical (unpaired) electrons. The zero-order valence-electron chi connectivity index (χ0n) is 51.1. The van der Waals surface area contributed by atoms with E-state index in [4.69, 9.17) is 14.2 Å². The van der Waals surface area contributed by atoms with E-state index in [0.717, 1.165) is 122 Å². The van der Waals surface area contributed by atoms with E-state index in [-0.39, 0.29) is 37.5 Å². The smallest absolute Gasteiger partial charge is 0.306 e. The molecule has 0 spiro atoms. The zero-order chi connectivity index (χ0) is 57.1. The van der Waals surface area contributed by atoms with Crippen LogP contribution in [0.2, 0.25) is 0 Å². The molecule has 0 heterocycles. The maximum absolute atomic E-state index is 12.9. The van der Waals surface area contributed by atoms with E-state index >= 15 is 0 Å². The van der Waals surface area contributed by atoms with Gasteiger partial charge >= 0.3 is 17.9 Å². The molecule has 0 fully saturated rings. The molecule has 0 bridgehead atoms. The van der Waals surface area contributed by atoms with Crippen LogP contribution in [-0.4, -0.2) is 37.2 Å². The van der Waals surface area contributed by atoms with Crippen LogP contribution in [-0.2, 0) is 28.6 Å². The number of unbranched alkanes of at least 4 members (excludes halogenated alkanes) is 22. The molecule has 0 aliphatic heterocycles. The Morgan fingerprint density at radius 1 is 0.266 bits per heavy atom. The Morgan fingerprint density at radius 2 is 0.519 bits per heavy atom. The number of ether oxygens (including phenoxy) is 3. The predicted octanol–water partition coefficient (Wildman–Crippen LogP) is 22.3. The lowest BCUT2D eigenvalue weighted by Crippen LogP contribution is -2.30. The van der Waals surface area contributed by atoms with Crippen molar-refractivity contribution in [1.29, 1.82) is 0 Å². The zero-order valence-corrected chi connectivity index (χ0v) is 51.1. The van der Waals surface area contributed by atoms with Crippen molar-refractivity contribution in [3.63, 3.8) is 0 Å². The Labute approximate surface area is 487 Å². The molecule has 0 aliphatic carbocycles. The molecule has 79 heavy (non-hydrogen) atoms. The number of allylic oxidation sites excluding steroid dienone is 24. The number of hydrogen-bond donors (Lipinski definition) is 0. The average Bonchev–Trinajstić information content (AvgIpc) is 3.45. The highest BCUT2D eigenvalue weighted by molar-refractivity contribution is 5.71. The molecular weight excluding hydrogens is 973 g/mol. The lowest BCUT2D eigenvalue weighted by Gasteiger charge is -2.18. The Morgan fingerprint density at radius 3 is 0.848 bits per heavy atom. The molecular formula is C73H118O6. The number of esters is 3. The van der Waals surface area contributed by atoms with Crippen LogP contribution in [0.15, 0.2) is 146 Å². The first kappa shape index (κ1) is 74.3. The molecule has 1 unspecified atom stereocenters. The standard InChI is InChI=1S/C73H118O6/c1-4-7-10-13-16-19-22-25-27-29-31-33-35-36-38-39-41-43-45-48-51-54-57-60-63-66-72(75)78-69-70(68-77-71(74)65-62-59-56-53-50-47-24-21-18-15-12-9-6-3)79-73(76)67-64-61-58-55-52-49-46-44-42-40-37-34-32-30-28-26-23-20-17-14-11-8-5-2/h8-9,11-12,17-18,20-22,25-26,28-29,31-32,34-36,40,42,47,50,56,59,70H,4-7,10,13-16,19,23-24,27,30,33,37-39,41,43-46,48-49,51-55,57-58,60-69H2,1-3H3/b11-8-,12-9-,20-17-,21-18-,25-22-,28-26-,31-29-,34-32-,36-35-,42-40-,50-47-,59-56-. The molecule has 6 heteroatoms. The van der Waals surface area contributed by atoms with Gasteiger partial charge in [-0.15, -0.1) is 0 Å². The summed E-state index contributed by atoms with van der Waals surface area (Å²) in [5.74, 6) is -1.01. The number of carbonyl (C=O) groups is 3. The van der Waals surface area contributed by atoms with Crippen molar-refractivity contribution in [2.24, 2.45) is 0 Å². The molecule has 0 aromatic carbocycles. The monoisotopic (exact) mass is 1090 g/mol. The highest BCUT2D eigenvalue weighted by Crippen LogP contribution is 2.15. The largest absolute Gasteiger partial charge is 0.462 e. The van der Waals surface area contributed by atoms with E-state index in [9.17, 15) is 14.4 Å². The third-order valence-electron chi connectivity index (χ3n) is 13.3. The summed E-state index contributed by atoms with van der Waals surface area (Å²) < 4.78 is 16.8. The van der Waals surface area contributed by atoms with Crippen molar-refractivity contribution < 1.29 is 28.6 Å². The summed E-state index contributed by atoms with van der Waals surface area (Å²) in [5, 5.41) is 0. The van der Waals surface area contributed by atoms with Crippen LogP contribution < -0.4 is 0 Å². The third kappa shape index (κ3) is 64.0. The molecule has 446 valence electrons. The van der Waals surface area contributed by atoms with Gasteiger partial charge in [0.25, 0.3) is 0 Å². The van der Waals surface area contributed by atoms with Crippen molar-refractivity contribution in [3.05, 3.63) is 146 Å². The summed E-state index contributed by atoms with van der Waals surface area (Å²) in [6, 6.07) is 0. The van der Waals surface area contributed by atoms with Gasteiger partial charge in [-0.1, -0.05) is 276 Å². The van der Waals surface area contributed by atoms with E-state index in [1.807, 2.05) is 6.08 Å². The summed E-state index contributed by atoms with van der Waals surface area (Å²) >= 11 is 0. The van der Waals surface area contributed by atoms with Gasteiger partial charge in [0.05, 0.1) is 0 Å². The maximum Gasteiger partial charge on any atom is 0.306 e. The normalized spacial score (nSPS) is 13.1. The Kier molecular flexibility index (Phi) is 61.9. The highest BCUT2D eigenvalue weighted by Gasteiger charge is 2.19. The lowest BCUT2D eigenvalue weighted by molar-refractivity contribution is -0.166. The minimum absolute atomic E-state index is 0.112. The minimum Gasteiger partial charge on any atom is -0.462 e. The van der Waals surface area contributed by atoms with Gasteiger partial charge in [0.1, 0.15) is 13.2 Å². The maximum atomic E-state index is 12.9. The van der Waals surface area contributed by atoms with Crippen molar-refractivity contribution in [2.75, 3.05) is 13.2 Å². The molecule has 0 aliphatic rings. The van der Waals surface area contributed by atoms with Gasteiger partial charge in [0.2, 0.25) is 0 Å². The van der Waals surface area contributed by atoms with Crippen LogP contribution in [0.25, 0.3) is 0 Å². The minimum atomic E-state index is -0.822. The molecule has 0 aromatic heterocycles. The first-order chi connectivity index (χ1) is 39.0. The van der Waals surface area contributed by atoms with Gasteiger partial charge in [0, 0.05) is 19.3 Å². The van der Waals surface area contributed by atoms with Crippen LogP contribution in [0.1, 0.15) is 278 Å². The molecule has 0 N–H and O–H groups in total. The fraction of sp³-hybridized carbons (Fsp3) is 0.630. The second-order valence-corrected chi connectivity index (χ2v) is 20.9. The summed E-state index contributed by atoms with van der Waals surface area (Å²) in [5.41, 5.74) is 0. The fourth-order valence-corrected chi connectivity index (χ4v) is 8.55. The molecule has 0 amide bonds. The second kappa shape index (κ2) is 65.8. The summed E-state index contributed by atoms with van der Waals surface area (Å²) in [7, 11) is 0. The summed E-state index contributed by atoms with van der Waals surface area (Å²) in [6.45, 7) is 6.33. The summed E-state index contributed by atoms with van der Waals surface area (Å²) in [6.07, 6.45) is 94.4. The van der Waals surface area contributed by atoms with E-state index in [2.05, 4.69) is 161 Å². The van der Waals surface area contributed by atoms with Crippen molar-refractivity contribution >= 4 is 17.9 Å². The number of hydrogen-bond acceptors (Lipinski definition) is 6. The number of carbonyl (C=O) groups excluding carboxylic acids is 3. The molecule has 1 atom stereocenters. The van der Waals surface area contributed by atoms with Crippen LogP contribution in [0, 0.1) is 0 Å². The topological polar surface area (TPSA) is 78.9 Å². The van der Waals surface area contributed by atoms with Crippen molar-refractivity contribution in [2.45, 2.75) is 284 Å². The predicted molar refractivity (Wildman–Crippen MR) is 343 cm³/mol. The summed E-state index contributed by atoms with van der Waals surface area (Å²) in [4.78, 5) is 38.3. The van der Waals surface area contributed by atoms with Gasteiger partial charge < -0.3 is 14.2 Å². The highest BCUT2D eigenvalue weighted by atomic mass is 16.6. The van der Waals surface area contributed by atoms with Crippen LogP contribution in [0.4, 0.5) is 0 Å². The van der Waals surface area contributed by atoms with Gasteiger partial charge in [0.15, 0.2) is 6.10 Å². The third-order valence-corrected chi connectivity index (χ3v) is 13.3. The Bertz CT molecular complexity index is 1730. The average molecular weight is 1090 g/mol. The van der Waals surface area contributed by atoms with E-state index in [1.54, 1.807) is 0 Å².